The average molecular weight is 492 g/mol. The third kappa shape index (κ3) is 4.08. The van der Waals surface area contributed by atoms with Crippen LogP contribution in [-0.4, -0.2) is 26.8 Å². The third-order valence-electron chi connectivity index (χ3n) is 8.59. The minimum atomic E-state index is -0.226. The second kappa shape index (κ2) is 8.54. The number of fused-ring (bicyclic) bond motifs is 1. The van der Waals surface area contributed by atoms with Crippen molar-refractivity contribution in [2.45, 2.75) is 38.5 Å². The van der Waals surface area contributed by atoms with Crippen molar-refractivity contribution in [3.63, 3.8) is 0 Å². The monoisotopic (exact) mass is 491 g/mol. The summed E-state index contributed by atoms with van der Waals surface area (Å²) < 4.78 is 0. The number of rotatable bonds is 5. The summed E-state index contributed by atoms with van der Waals surface area (Å²) in [5.41, 5.74) is 3.67. The van der Waals surface area contributed by atoms with E-state index in [9.17, 15) is 9.59 Å². The van der Waals surface area contributed by atoms with Gasteiger partial charge in [0.1, 0.15) is 11.6 Å². The average Bonchev–Trinajstić information content (AvgIpc) is 3.32. The number of nitrogens with zero attached hydrogens (tertiary/aromatic N) is 2. The fraction of sp³-hybridized carbons (Fsp3) is 0.333. The molecule has 4 saturated carbocycles. The van der Waals surface area contributed by atoms with E-state index in [1.165, 1.54) is 19.3 Å². The molecule has 0 saturated heterocycles. The van der Waals surface area contributed by atoms with Gasteiger partial charge in [-0.3, -0.25) is 9.59 Å². The first-order valence-corrected chi connectivity index (χ1v) is 13.2. The number of aromatic nitrogens is 3. The van der Waals surface area contributed by atoms with Gasteiger partial charge < -0.3 is 15.6 Å². The van der Waals surface area contributed by atoms with Gasteiger partial charge in [-0.1, -0.05) is 6.07 Å². The molecule has 186 valence electrons. The van der Waals surface area contributed by atoms with Crippen LogP contribution in [0.2, 0.25) is 0 Å². The molecule has 37 heavy (non-hydrogen) atoms. The molecule has 4 aliphatic carbocycles. The van der Waals surface area contributed by atoms with Crippen molar-refractivity contribution in [3.05, 3.63) is 72.4 Å². The molecule has 0 unspecified atom stereocenters. The summed E-state index contributed by atoms with van der Waals surface area (Å²) in [4.78, 5) is 38.2. The number of anilines is 2. The zero-order valence-electron chi connectivity index (χ0n) is 20.5. The highest BCUT2D eigenvalue weighted by molar-refractivity contribution is 6.05. The minimum Gasteiger partial charge on any atom is -0.338 e. The van der Waals surface area contributed by atoms with Crippen molar-refractivity contribution in [3.8, 4) is 11.4 Å². The van der Waals surface area contributed by atoms with Gasteiger partial charge in [-0.2, -0.15) is 0 Å². The molecule has 2 aromatic carbocycles. The van der Waals surface area contributed by atoms with Crippen molar-refractivity contribution in [1.29, 1.82) is 0 Å². The van der Waals surface area contributed by atoms with Crippen molar-refractivity contribution >= 4 is 34.4 Å². The Bertz CT molecular complexity index is 1460. The second-order valence-corrected chi connectivity index (χ2v) is 11.2. The van der Waals surface area contributed by atoms with Crippen LogP contribution in [-0.2, 0) is 4.79 Å². The Balaban J connectivity index is 1.06. The van der Waals surface area contributed by atoms with Gasteiger partial charge in [0, 0.05) is 23.0 Å². The zero-order valence-corrected chi connectivity index (χ0v) is 20.5. The van der Waals surface area contributed by atoms with E-state index >= 15 is 0 Å². The van der Waals surface area contributed by atoms with E-state index in [-0.39, 0.29) is 17.2 Å². The number of hydrogen-bond acceptors (Lipinski definition) is 4. The Kier molecular flexibility index (Phi) is 5.13. The fourth-order valence-corrected chi connectivity index (χ4v) is 7.28. The van der Waals surface area contributed by atoms with Crippen LogP contribution in [0, 0.1) is 23.2 Å². The van der Waals surface area contributed by atoms with E-state index in [4.69, 9.17) is 4.98 Å². The molecule has 2 aromatic heterocycles. The normalized spacial score (nSPS) is 25.8. The van der Waals surface area contributed by atoms with Crippen LogP contribution in [0.1, 0.15) is 48.9 Å². The zero-order chi connectivity index (χ0) is 25.0. The van der Waals surface area contributed by atoms with Gasteiger partial charge in [0.15, 0.2) is 0 Å². The molecule has 0 atom stereocenters. The number of H-pyrrole nitrogens is 1. The van der Waals surface area contributed by atoms with Crippen molar-refractivity contribution in [2.24, 2.45) is 23.2 Å². The lowest BCUT2D eigenvalue weighted by Gasteiger charge is -2.55. The fourth-order valence-electron chi connectivity index (χ4n) is 7.28. The predicted octanol–water partition coefficient (Wildman–Crippen LogP) is 6.03. The van der Waals surface area contributed by atoms with Gasteiger partial charge >= 0.3 is 0 Å². The molecule has 2 heterocycles. The number of imidazole rings is 1. The molecule has 8 rings (SSSR count). The first kappa shape index (κ1) is 22.2. The van der Waals surface area contributed by atoms with E-state index in [1.54, 1.807) is 30.5 Å². The number of amides is 2. The van der Waals surface area contributed by atoms with Crippen LogP contribution in [0.3, 0.4) is 0 Å². The summed E-state index contributed by atoms with van der Waals surface area (Å²) >= 11 is 0. The molecular formula is C30H29N5O2. The van der Waals surface area contributed by atoms with E-state index < -0.39 is 0 Å². The number of carbonyl (C=O) groups excluding carboxylic acids is 2. The SMILES string of the molecule is O=C(Nc1ccccn1)c1ccc2nc(-c3ccc(NC(=O)C45CC6CC(CC(C6)C4)C5)cc3)[nH]c2c1. The molecule has 2 amide bonds. The number of nitrogens with one attached hydrogen (secondary N) is 3. The topological polar surface area (TPSA) is 99.8 Å². The maximum absolute atomic E-state index is 13.4. The van der Waals surface area contributed by atoms with E-state index in [1.807, 2.05) is 36.4 Å². The number of pyridine rings is 1. The van der Waals surface area contributed by atoms with Crippen LogP contribution in [0.25, 0.3) is 22.4 Å². The predicted molar refractivity (Wildman–Crippen MR) is 143 cm³/mol. The Labute approximate surface area is 215 Å². The molecule has 3 N–H and O–H groups in total. The molecule has 4 aromatic rings. The van der Waals surface area contributed by atoms with Crippen LogP contribution >= 0.6 is 0 Å². The molecule has 0 radical (unpaired) electrons. The number of hydrogen-bond donors (Lipinski definition) is 3. The van der Waals surface area contributed by atoms with Gasteiger partial charge in [0.05, 0.1) is 16.4 Å². The first-order valence-electron chi connectivity index (χ1n) is 13.2. The van der Waals surface area contributed by atoms with Crippen LogP contribution < -0.4 is 10.6 Å². The second-order valence-electron chi connectivity index (χ2n) is 11.2. The van der Waals surface area contributed by atoms with Crippen LogP contribution in [0.15, 0.2) is 66.9 Å². The van der Waals surface area contributed by atoms with Gasteiger partial charge in [-0.05, 0) is 111 Å². The smallest absolute Gasteiger partial charge is 0.256 e. The molecule has 7 nitrogen and oxygen atoms in total. The quantitative estimate of drug-likeness (QED) is 0.317. The lowest BCUT2D eigenvalue weighted by atomic mass is 9.49. The Morgan fingerprint density at radius 1 is 0.865 bits per heavy atom. The van der Waals surface area contributed by atoms with Crippen LogP contribution in [0.5, 0.6) is 0 Å². The molecule has 0 aliphatic heterocycles. The standard InChI is InChI=1S/C30H29N5O2/c36-28(35-26-3-1-2-10-31-26)22-6-9-24-25(14-22)34-27(33-24)21-4-7-23(8-5-21)32-29(37)30-15-18-11-19(16-30)13-20(12-18)17-30/h1-10,14,18-20H,11-13,15-17H2,(H,32,37)(H,33,34)(H,31,35,36). The van der Waals surface area contributed by atoms with Crippen molar-refractivity contribution < 1.29 is 9.59 Å². The minimum absolute atomic E-state index is 0.160. The van der Waals surface area contributed by atoms with E-state index in [0.29, 0.717) is 11.4 Å². The Morgan fingerprint density at radius 2 is 1.59 bits per heavy atom. The van der Waals surface area contributed by atoms with Crippen molar-refractivity contribution in [2.75, 3.05) is 10.6 Å². The maximum Gasteiger partial charge on any atom is 0.256 e. The third-order valence-corrected chi connectivity index (χ3v) is 8.59. The molecule has 4 bridgehead atoms. The van der Waals surface area contributed by atoms with E-state index in [2.05, 4.69) is 20.6 Å². The Morgan fingerprint density at radius 3 is 2.27 bits per heavy atom. The summed E-state index contributed by atoms with van der Waals surface area (Å²) in [6, 6.07) is 18.6. The van der Waals surface area contributed by atoms with E-state index in [0.717, 1.165) is 65.1 Å². The largest absolute Gasteiger partial charge is 0.338 e. The van der Waals surface area contributed by atoms with Gasteiger partial charge in [0.2, 0.25) is 5.91 Å². The highest BCUT2D eigenvalue weighted by Gasteiger charge is 2.54. The summed E-state index contributed by atoms with van der Waals surface area (Å²) in [5.74, 6) is 3.44. The molecule has 0 spiro atoms. The highest BCUT2D eigenvalue weighted by atomic mass is 16.2. The first-order chi connectivity index (χ1) is 18.0. The number of carbonyl (C=O) groups is 2. The number of benzene rings is 2. The number of aromatic amines is 1. The summed E-state index contributed by atoms with van der Waals surface area (Å²) in [6.07, 6.45) is 8.80. The lowest BCUT2D eigenvalue weighted by Crippen LogP contribution is -2.51. The highest BCUT2D eigenvalue weighted by Crippen LogP contribution is 2.60. The maximum atomic E-state index is 13.4. The lowest BCUT2D eigenvalue weighted by molar-refractivity contribution is -0.140. The van der Waals surface area contributed by atoms with Crippen molar-refractivity contribution in [1.82, 2.24) is 15.0 Å². The molecule has 7 heteroatoms. The summed E-state index contributed by atoms with van der Waals surface area (Å²) in [7, 11) is 0. The molecule has 4 fully saturated rings. The van der Waals surface area contributed by atoms with Gasteiger partial charge in [-0.15, -0.1) is 0 Å². The summed E-state index contributed by atoms with van der Waals surface area (Å²) in [6.45, 7) is 0. The van der Waals surface area contributed by atoms with Gasteiger partial charge in [-0.25, -0.2) is 9.97 Å². The van der Waals surface area contributed by atoms with Gasteiger partial charge in [0.25, 0.3) is 5.91 Å². The molecule has 4 aliphatic rings. The molecular weight excluding hydrogens is 462 g/mol. The summed E-state index contributed by atoms with van der Waals surface area (Å²) in [5, 5.41) is 6.03. The Hall–Kier alpha value is -4.00. The van der Waals surface area contributed by atoms with Crippen LogP contribution in [0.4, 0.5) is 11.5 Å².